The van der Waals surface area contributed by atoms with Crippen LogP contribution in [0.2, 0.25) is 0 Å². The van der Waals surface area contributed by atoms with Gasteiger partial charge >= 0.3 is 0 Å². The molecule has 0 aromatic rings. The van der Waals surface area contributed by atoms with Crippen LogP contribution in [-0.4, -0.2) is 8.78 Å². The van der Waals surface area contributed by atoms with Gasteiger partial charge in [-0.2, -0.15) is 5.26 Å². The van der Waals surface area contributed by atoms with Crippen LogP contribution in [0.15, 0.2) is 0 Å². The van der Waals surface area contributed by atoms with Gasteiger partial charge in [0.05, 0.1) is 6.07 Å². The quantitative estimate of drug-likeness (QED) is 0.333. The smallest absolute Gasteiger partial charge is 0.101 e. The second-order valence-corrected chi connectivity index (χ2v) is 7.31. The van der Waals surface area contributed by atoms with E-state index in [1.54, 1.807) is 11.8 Å². The van der Waals surface area contributed by atoms with Gasteiger partial charge in [-0.3, -0.25) is 0 Å². The third kappa shape index (κ3) is 12.5. The molecular weight excluding hydrogens is 266 g/mol. The molecule has 0 spiro atoms. The van der Waals surface area contributed by atoms with Crippen LogP contribution in [0.25, 0.3) is 0 Å². The van der Waals surface area contributed by atoms with Gasteiger partial charge < -0.3 is 0 Å². The van der Waals surface area contributed by atoms with Crippen LogP contribution in [-0.2, 0) is 0 Å². The minimum absolute atomic E-state index is 0.348. The zero-order chi connectivity index (χ0) is 12.9. The fourth-order valence-corrected chi connectivity index (χ4v) is 3.36. The third-order valence-electron chi connectivity index (χ3n) is 2.72. The van der Waals surface area contributed by atoms with E-state index < -0.39 is 0 Å². The zero-order valence-corrected chi connectivity index (χ0v) is 13.2. The number of nitriles is 1. The van der Waals surface area contributed by atoms with Gasteiger partial charge in [-0.1, -0.05) is 64.1 Å². The Morgan fingerprint density at radius 1 is 1.24 bits per heavy atom. The minimum Gasteiger partial charge on any atom is -0.198 e. The molecule has 0 amide bonds. The first-order chi connectivity index (χ1) is 8.20. The van der Waals surface area contributed by atoms with Crippen molar-refractivity contribution in [2.45, 2.75) is 70.0 Å². The van der Waals surface area contributed by atoms with Crippen LogP contribution >= 0.6 is 36.6 Å². The summed E-state index contributed by atoms with van der Waals surface area (Å²) >= 11 is 10.6. The van der Waals surface area contributed by atoms with Crippen molar-refractivity contribution in [3.8, 4) is 6.07 Å². The molecule has 4 heteroatoms. The van der Waals surface area contributed by atoms with Gasteiger partial charge in [0.2, 0.25) is 0 Å². The highest BCUT2D eigenvalue weighted by molar-refractivity contribution is 8.41. The van der Waals surface area contributed by atoms with Crippen molar-refractivity contribution >= 4 is 40.1 Å². The second-order valence-electron chi connectivity index (χ2n) is 4.28. The molecule has 0 aliphatic carbocycles. The largest absolute Gasteiger partial charge is 0.198 e. The molecule has 1 atom stereocenters. The van der Waals surface area contributed by atoms with Gasteiger partial charge in [0.1, 0.15) is 3.53 Å². The maximum Gasteiger partial charge on any atom is 0.101 e. The van der Waals surface area contributed by atoms with Gasteiger partial charge in [0.15, 0.2) is 0 Å². The maximum atomic E-state index is 8.72. The SMILES string of the molecule is CCCCCCCCCC(CC#N)SC(=S)S. The Balaban J connectivity index is 3.48. The molecule has 0 aromatic carbocycles. The van der Waals surface area contributed by atoms with Gasteiger partial charge in [0.25, 0.3) is 0 Å². The second kappa shape index (κ2) is 12.7. The molecule has 98 valence electrons. The van der Waals surface area contributed by atoms with Crippen LogP contribution in [0.1, 0.15) is 64.7 Å². The van der Waals surface area contributed by atoms with E-state index in [0.717, 1.165) is 6.42 Å². The van der Waals surface area contributed by atoms with E-state index in [1.165, 1.54) is 44.9 Å². The fourth-order valence-electron chi connectivity index (χ4n) is 1.78. The van der Waals surface area contributed by atoms with Gasteiger partial charge in [-0.05, 0) is 6.42 Å². The molecule has 0 radical (unpaired) electrons. The van der Waals surface area contributed by atoms with Gasteiger partial charge in [0, 0.05) is 11.7 Å². The summed E-state index contributed by atoms with van der Waals surface area (Å²) in [6.07, 6.45) is 10.9. The van der Waals surface area contributed by atoms with Gasteiger partial charge in [-0.15, -0.1) is 24.4 Å². The molecule has 0 bridgehead atoms. The number of thioether (sulfide) groups is 1. The molecule has 1 unspecified atom stereocenters. The van der Waals surface area contributed by atoms with Crippen molar-refractivity contribution in [1.82, 2.24) is 0 Å². The maximum absolute atomic E-state index is 8.72. The van der Waals surface area contributed by atoms with Crippen molar-refractivity contribution in [3.05, 3.63) is 0 Å². The average molecular weight is 290 g/mol. The normalized spacial score (nSPS) is 12.1. The molecule has 0 saturated carbocycles. The monoisotopic (exact) mass is 289 g/mol. The van der Waals surface area contributed by atoms with E-state index >= 15 is 0 Å². The number of thiol groups is 1. The molecule has 17 heavy (non-hydrogen) atoms. The molecule has 0 N–H and O–H groups in total. The summed E-state index contributed by atoms with van der Waals surface area (Å²) in [7, 11) is 0. The highest BCUT2D eigenvalue weighted by Crippen LogP contribution is 2.24. The molecule has 1 nitrogen and oxygen atoms in total. The van der Waals surface area contributed by atoms with Crippen molar-refractivity contribution < 1.29 is 0 Å². The first-order valence-electron chi connectivity index (χ1n) is 6.47. The standard InChI is InChI=1S/C13H23NS3/c1-2-3-4-5-6-7-8-9-12(10-11-14)17-13(15)16/h12H,2-10H2,1H3,(H,15,16). The Morgan fingerprint density at radius 3 is 2.35 bits per heavy atom. The third-order valence-corrected chi connectivity index (χ3v) is 4.26. The lowest BCUT2D eigenvalue weighted by Crippen LogP contribution is -2.03. The summed E-state index contributed by atoms with van der Waals surface area (Å²) < 4.78 is 0.660. The topological polar surface area (TPSA) is 23.8 Å². The van der Waals surface area contributed by atoms with E-state index in [-0.39, 0.29) is 0 Å². The highest BCUT2D eigenvalue weighted by atomic mass is 32.2. The van der Waals surface area contributed by atoms with Crippen LogP contribution in [0, 0.1) is 11.3 Å². The molecule has 0 heterocycles. The number of nitrogens with zero attached hydrogens (tertiary/aromatic N) is 1. The predicted octanol–water partition coefficient (Wildman–Crippen LogP) is 5.36. The first kappa shape index (κ1) is 17.3. The number of unbranched alkanes of at least 4 members (excludes halogenated alkanes) is 6. The number of hydrogen-bond donors (Lipinski definition) is 1. The van der Waals surface area contributed by atoms with Crippen LogP contribution in [0.3, 0.4) is 0 Å². The molecule has 0 fully saturated rings. The summed E-state index contributed by atoms with van der Waals surface area (Å²) in [4.78, 5) is 0. The number of hydrogen-bond acceptors (Lipinski definition) is 3. The Kier molecular flexibility index (Phi) is 12.9. The van der Waals surface area contributed by atoms with Crippen molar-refractivity contribution in [3.63, 3.8) is 0 Å². The predicted molar refractivity (Wildman–Crippen MR) is 85.8 cm³/mol. The lowest BCUT2D eigenvalue weighted by atomic mass is 10.1. The van der Waals surface area contributed by atoms with E-state index in [1.807, 2.05) is 0 Å². The van der Waals surface area contributed by atoms with Crippen molar-refractivity contribution in [2.75, 3.05) is 0 Å². The highest BCUT2D eigenvalue weighted by Gasteiger charge is 2.09. The zero-order valence-electron chi connectivity index (χ0n) is 10.7. The number of thiocarbonyl (C=S) groups is 1. The molecule has 0 aliphatic heterocycles. The Bertz CT molecular complexity index is 235. The van der Waals surface area contributed by atoms with Crippen LogP contribution in [0.4, 0.5) is 0 Å². The summed E-state index contributed by atoms with van der Waals surface area (Å²) in [5.41, 5.74) is 0. The Labute approximate surface area is 121 Å². The number of rotatable bonds is 10. The molecule has 0 aliphatic rings. The fraction of sp³-hybridized carbons (Fsp3) is 0.846. The summed E-state index contributed by atoms with van der Waals surface area (Å²) in [6, 6.07) is 2.23. The molecular formula is C13H23NS3. The molecule has 0 saturated heterocycles. The molecule has 0 rings (SSSR count). The Hall–Kier alpha value is 0.280. The lowest BCUT2D eigenvalue weighted by molar-refractivity contribution is 0.571. The minimum atomic E-state index is 0.348. The lowest BCUT2D eigenvalue weighted by Gasteiger charge is -2.11. The summed E-state index contributed by atoms with van der Waals surface area (Å²) in [5.74, 6) is 0. The van der Waals surface area contributed by atoms with Crippen LogP contribution < -0.4 is 0 Å². The van der Waals surface area contributed by atoms with E-state index in [0.29, 0.717) is 15.2 Å². The van der Waals surface area contributed by atoms with E-state index in [4.69, 9.17) is 17.5 Å². The van der Waals surface area contributed by atoms with Crippen molar-refractivity contribution in [2.24, 2.45) is 0 Å². The first-order valence-corrected chi connectivity index (χ1v) is 8.20. The van der Waals surface area contributed by atoms with E-state index in [2.05, 4.69) is 25.6 Å². The average Bonchev–Trinajstić information content (AvgIpc) is 2.27. The van der Waals surface area contributed by atoms with E-state index in [9.17, 15) is 0 Å². The summed E-state index contributed by atoms with van der Waals surface area (Å²) in [5, 5.41) is 9.07. The molecule has 0 aromatic heterocycles. The van der Waals surface area contributed by atoms with Gasteiger partial charge in [-0.25, -0.2) is 0 Å². The Morgan fingerprint density at radius 2 is 1.82 bits per heavy atom. The summed E-state index contributed by atoms with van der Waals surface area (Å²) in [6.45, 7) is 2.24. The van der Waals surface area contributed by atoms with Crippen LogP contribution in [0.5, 0.6) is 0 Å². The van der Waals surface area contributed by atoms with Crippen molar-refractivity contribution in [1.29, 1.82) is 5.26 Å².